The zero-order valence-electron chi connectivity index (χ0n) is 13.2. The van der Waals surface area contributed by atoms with Gasteiger partial charge in [-0.1, -0.05) is 11.6 Å². The van der Waals surface area contributed by atoms with Gasteiger partial charge < -0.3 is 24.8 Å². The molecule has 0 saturated heterocycles. The first-order valence-corrected chi connectivity index (χ1v) is 7.33. The Morgan fingerprint density at radius 3 is 2.30 bits per heavy atom. The average Bonchev–Trinajstić information content (AvgIpc) is 2.58. The van der Waals surface area contributed by atoms with E-state index in [1.54, 1.807) is 39.5 Å². The lowest BCUT2D eigenvalue weighted by Crippen LogP contribution is -2.14. The topological polar surface area (TPSA) is 77.5 Å². The minimum absolute atomic E-state index is 0.364. The number of hydrogen-bond acceptors (Lipinski definition) is 7. The van der Waals surface area contributed by atoms with E-state index in [4.69, 9.17) is 25.8 Å². The molecule has 2 rings (SSSR count). The monoisotopic (exact) mass is 338 g/mol. The van der Waals surface area contributed by atoms with E-state index in [9.17, 15) is 0 Å². The summed E-state index contributed by atoms with van der Waals surface area (Å²) >= 11 is 5.99. The minimum Gasteiger partial charge on any atom is -0.496 e. The zero-order valence-corrected chi connectivity index (χ0v) is 14.0. The number of benzene rings is 1. The van der Waals surface area contributed by atoms with Gasteiger partial charge in [-0.15, -0.1) is 0 Å². The third-order valence-corrected chi connectivity index (χ3v) is 3.33. The predicted molar refractivity (Wildman–Crippen MR) is 90.1 cm³/mol. The van der Waals surface area contributed by atoms with Gasteiger partial charge in [0.15, 0.2) is 11.0 Å². The molecule has 1 aromatic carbocycles. The first-order valence-electron chi connectivity index (χ1n) is 6.96. The first kappa shape index (κ1) is 17.0. The molecule has 0 radical (unpaired) electrons. The maximum absolute atomic E-state index is 5.99. The second-order valence-electron chi connectivity index (χ2n) is 4.46. The molecule has 0 unspecified atom stereocenters. The van der Waals surface area contributed by atoms with Crippen LogP contribution in [0.4, 0.5) is 11.5 Å². The Hall–Kier alpha value is -2.41. The minimum atomic E-state index is 0.364. The summed E-state index contributed by atoms with van der Waals surface area (Å²) in [4.78, 5) is 8.06. The van der Waals surface area contributed by atoms with Gasteiger partial charge in [-0.25, -0.2) is 9.97 Å². The Morgan fingerprint density at radius 2 is 1.70 bits per heavy atom. The van der Waals surface area contributed by atoms with Crippen molar-refractivity contribution in [2.45, 2.75) is 0 Å². The van der Waals surface area contributed by atoms with Crippen molar-refractivity contribution >= 4 is 23.1 Å². The number of methoxy groups -OCH3 is 2. The molecule has 0 aliphatic rings. The molecule has 2 N–H and O–H groups in total. The number of aromatic nitrogens is 2. The summed E-state index contributed by atoms with van der Waals surface area (Å²) in [7, 11) is 4.95. The van der Waals surface area contributed by atoms with Gasteiger partial charge in [-0.2, -0.15) is 0 Å². The highest BCUT2D eigenvalue weighted by atomic mass is 35.5. The van der Waals surface area contributed by atoms with Crippen molar-refractivity contribution in [2.24, 2.45) is 0 Å². The molecule has 8 heteroatoms. The fourth-order valence-corrected chi connectivity index (χ4v) is 2.15. The first-order chi connectivity index (χ1) is 11.2. The highest BCUT2D eigenvalue weighted by Gasteiger charge is 2.07. The Balaban J connectivity index is 1.92. The smallest absolute Gasteiger partial charge is 0.157 e. The molecule has 1 aromatic heterocycles. The van der Waals surface area contributed by atoms with Crippen LogP contribution in [0.25, 0.3) is 0 Å². The molecule has 0 bridgehead atoms. The second kappa shape index (κ2) is 8.28. The van der Waals surface area contributed by atoms with Gasteiger partial charge in [0, 0.05) is 25.2 Å². The van der Waals surface area contributed by atoms with E-state index < -0.39 is 0 Å². The van der Waals surface area contributed by atoms with Gasteiger partial charge >= 0.3 is 0 Å². The van der Waals surface area contributed by atoms with Crippen LogP contribution in [0.2, 0.25) is 5.15 Å². The highest BCUT2D eigenvalue weighted by Crippen LogP contribution is 2.27. The molecule has 0 atom stereocenters. The van der Waals surface area contributed by atoms with Gasteiger partial charge in [0.25, 0.3) is 0 Å². The largest absolute Gasteiger partial charge is 0.496 e. The van der Waals surface area contributed by atoms with Gasteiger partial charge in [0.1, 0.15) is 35.9 Å². The van der Waals surface area contributed by atoms with Crippen LogP contribution in [-0.4, -0.2) is 44.4 Å². The molecule has 0 spiro atoms. The van der Waals surface area contributed by atoms with Crippen LogP contribution in [0.15, 0.2) is 24.5 Å². The summed E-state index contributed by atoms with van der Waals surface area (Å²) in [5.74, 6) is 2.64. The molecule has 0 aliphatic heterocycles. The van der Waals surface area contributed by atoms with Crippen molar-refractivity contribution in [2.75, 3.05) is 45.1 Å². The molecule has 2 aromatic rings. The van der Waals surface area contributed by atoms with E-state index in [1.165, 1.54) is 6.33 Å². The molecule has 0 aliphatic carbocycles. The molecule has 0 fully saturated rings. The quantitative estimate of drug-likeness (QED) is 0.566. The van der Waals surface area contributed by atoms with Crippen LogP contribution in [0.5, 0.6) is 17.2 Å². The third kappa shape index (κ3) is 4.53. The van der Waals surface area contributed by atoms with E-state index in [1.807, 2.05) is 0 Å². The van der Waals surface area contributed by atoms with Crippen LogP contribution >= 0.6 is 11.6 Å². The van der Waals surface area contributed by atoms with E-state index in [0.717, 1.165) is 0 Å². The van der Waals surface area contributed by atoms with Crippen LogP contribution in [-0.2, 0) is 0 Å². The predicted octanol–water partition coefficient (Wildman–Crippen LogP) is 2.68. The fraction of sp³-hybridized carbons (Fsp3) is 0.333. The molecular formula is C15H19ClN4O3. The second-order valence-corrected chi connectivity index (χ2v) is 4.82. The number of rotatable bonds is 8. The molecule has 23 heavy (non-hydrogen) atoms. The van der Waals surface area contributed by atoms with Crippen LogP contribution in [0, 0.1) is 0 Å². The van der Waals surface area contributed by atoms with Crippen LogP contribution < -0.4 is 24.8 Å². The number of nitrogens with one attached hydrogen (secondary N) is 2. The average molecular weight is 339 g/mol. The molecule has 0 saturated carbocycles. The lowest BCUT2D eigenvalue weighted by atomic mass is 10.3. The number of nitrogens with zero attached hydrogens (tertiary/aromatic N) is 2. The molecule has 124 valence electrons. The van der Waals surface area contributed by atoms with Crippen LogP contribution in [0.3, 0.4) is 0 Å². The van der Waals surface area contributed by atoms with Crippen molar-refractivity contribution in [1.82, 2.24) is 9.97 Å². The summed E-state index contributed by atoms with van der Waals surface area (Å²) in [6.45, 7) is 0.975. The number of anilines is 2. The van der Waals surface area contributed by atoms with Gasteiger partial charge in [-0.05, 0) is 0 Å². The van der Waals surface area contributed by atoms with Crippen molar-refractivity contribution in [1.29, 1.82) is 0 Å². The molecule has 7 nitrogen and oxygen atoms in total. The normalized spacial score (nSPS) is 10.1. The Kier molecular flexibility index (Phi) is 6.10. The number of halogens is 1. The number of hydrogen-bond donors (Lipinski definition) is 2. The molecule has 0 amide bonds. The van der Waals surface area contributed by atoms with Gasteiger partial charge in [-0.3, -0.25) is 0 Å². The van der Waals surface area contributed by atoms with Crippen LogP contribution in [0.1, 0.15) is 0 Å². The Morgan fingerprint density at radius 1 is 1.04 bits per heavy atom. The molecular weight excluding hydrogens is 320 g/mol. The zero-order chi connectivity index (χ0) is 16.7. The summed E-state index contributed by atoms with van der Waals surface area (Å²) in [6.07, 6.45) is 1.40. The van der Waals surface area contributed by atoms with E-state index in [0.29, 0.717) is 47.1 Å². The third-order valence-electron chi connectivity index (χ3n) is 3.04. The Bertz CT molecular complexity index is 632. The van der Waals surface area contributed by atoms with E-state index in [-0.39, 0.29) is 0 Å². The SMILES string of the molecule is CNc1c(Cl)ncnc1NCCOc1cc(OC)cc(OC)c1. The standard InChI is InChI=1S/C15H19ClN4O3/c1-17-13-14(16)19-9-20-15(13)18-4-5-23-12-7-10(21-2)6-11(8-12)22-3/h6-9,17H,4-5H2,1-3H3,(H,18,19,20). The Labute approximate surface area is 139 Å². The summed E-state index contributed by atoms with van der Waals surface area (Å²) in [5.41, 5.74) is 0.650. The van der Waals surface area contributed by atoms with Crippen molar-refractivity contribution in [3.8, 4) is 17.2 Å². The van der Waals surface area contributed by atoms with E-state index in [2.05, 4.69) is 20.6 Å². The maximum atomic E-state index is 5.99. The van der Waals surface area contributed by atoms with Crippen molar-refractivity contribution in [3.05, 3.63) is 29.7 Å². The van der Waals surface area contributed by atoms with Gasteiger partial charge in [0.05, 0.1) is 20.8 Å². The van der Waals surface area contributed by atoms with E-state index >= 15 is 0 Å². The number of ether oxygens (including phenoxy) is 3. The molecule has 1 heterocycles. The highest BCUT2D eigenvalue weighted by molar-refractivity contribution is 6.32. The summed E-state index contributed by atoms with van der Waals surface area (Å²) < 4.78 is 16.1. The maximum Gasteiger partial charge on any atom is 0.157 e. The van der Waals surface area contributed by atoms with Crippen molar-refractivity contribution in [3.63, 3.8) is 0 Å². The van der Waals surface area contributed by atoms with Gasteiger partial charge in [0.2, 0.25) is 0 Å². The van der Waals surface area contributed by atoms with Crippen molar-refractivity contribution < 1.29 is 14.2 Å². The lowest BCUT2D eigenvalue weighted by molar-refractivity contribution is 0.324. The summed E-state index contributed by atoms with van der Waals surface area (Å²) in [6, 6.07) is 5.37. The lowest BCUT2D eigenvalue weighted by Gasteiger charge is -2.13. The fourth-order valence-electron chi connectivity index (χ4n) is 1.92. The summed E-state index contributed by atoms with van der Waals surface area (Å²) in [5, 5.41) is 6.47.